The molecule has 1 amide bonds. The van der Waals surface area contributed by atoms with Gasteiger partial charge in [0.1, 0.15) is 5.75 Å². The Labute approximate surface area is 167 Å². The van der Waals surface area contributed by atoms with E-state index in [1.807, 2.05) is 43.3 Å². The Morgan fingerprint density at radius 2 is 1.96 bits per heavy atom. The molecule has 0 aliphatic heterocycles. The van der Waals surface area contributed by atoms with Gasteiger partial charge in [-0.05, 0) is 41.8 Å². The van der Waals surface area contributed by atoms with Crippen LogP contribution >= 0.6 is 11.6 Å². The molecule has 1 heterocycles. The number of aliphatic carboxylic acids is 1. The second-order valence-corrected chi connectivity index (χ2v) is 6.91. The standard InChI is InChI=1S/C21H21ClN2O4/c1-2-16-15(10-19(23)25)21-17(7-4-8-18(21)28-12-20(26)27)24(16)11-13-5-3-6-14(22)9-13/h3-9H,2,10-12H2,1H3,(H2,23,25)(H,26,27). The monoisotopic (exact) mass is 400 g/mol. The molecule has 0 spiro atoms. The number of hydrogen-bond donors (Lipinski definition) is 2. The zero-order valence-corrected chi connectivity index (χ0v) is 16.2. The number of carbonyl (C=O) groups is 2. The zero-order valence-electron chi connectivity index (χ0n) is 15.4. The Kier molecular flexibility index (Phi) is 5.90. The lowest BCUT2D eigenvalue weighted by Gasteiger charge is -2.11. The summed E-state index contributed by atoms with van der Waals surface area (Å²) in [6.07, 6.45) is 0.728. The van der Waals surface area contributed by atoms with Gasteiger partial charge in [0, 0.05) is 22.6 Å². The molecule has 0 radical (unpaired) electrons. The minimum atomic E-state index is -1.07. The first kappa shape index (κ1) is 19.8. The molecule has 3 N–H and O–H groups in total. The van der Waals surface area contributed by atoms with E-state index in [1.165, 1.54) is 0 Å². The third-order valence-corrected chi connectivity index (χ3v) is 4.77. The number of carboxylic acids is 1. The smallest absolute Gasteiger partial charge is 0.341 e. The summed E-state index contributed by atoms with van der Waals surface area (Å²) in [5.74, 6) is -1.09. The van der Waals surface area contributed by atoms with Gasteiger partial charge in [-0.3, -0.25) is 4.79 Å². The Hall–Kier alpha value is -2.99. The summed E-state index contributed by atoms with van der Waals surface area (Å²) in [6.45, 7) is 2.10. The van der Waals surface area contributed by atoms with Gasteiger partial charge in [0.25, 0.3) is 0 Å². The van der Waals surface area contributed by atoms with Gasteiger partial charge in [-0.15, -0.1) is 0 Å². The van der Waals surface area contributed by atoms with E-state index in [0.29, 0.717) is 23.7 Å². The Balaban J connectivity index is 2.20. The highest BCUT2D eigenvalue weighted by Gasteiger charge is 2.21. The largest absolute Gasteiger partial charge is 0.481 e. The predicted molar refractivity (Wildman–Crippen MR) is 108 cm³/mol. The average Bonchev–Trinajstić information content (AvgIpc) is 2.92. The first-order valence-electron chi connectivity index (χ1n) is 8.91. The minimum absolute atomic E-state index is 0.0513. The second-order valence-electron chi connectivity index (χ2n) is 6.47. The highest BCUT2D eigenvalue weighted by atomic mass is 35.5. The molecule has 1 aromatic heterocycles. The van der Waals surface area contributed by atoms with Crippen LogP contribution in [0.4, 0.5) is 0 Å². The van der Waals surface area contributed by atoms with Crippen LogP contribution in [0.5, 0.6) is 5.75 Å². The fraction of sp³-hybridized carbons (Fsp3) is 0.238. The van der Waals surface area contributed by atoms with Crippen molar-refractivity contribution in [3.63, 3.8) is 0 Å². The number of hydrogen-bond acceptors (Lipinski definition) is 3. The highest BCUT2D eigenvalue weighted by molar-refractivity contribution is 6.30. The number of nitrogens with two attached hydrogens (primary N) is 1. The summed E-state index contributed by atoms with van der Waals surface area (Å²) in [6, 6.07) is 13.0. The summed E-state index contributed by atoms with van der Waals surface area (Å²) in [5.41, 5.74) is 9.09. The molecule has 0 bridgehead atoms. The van der Waals surface area contributed by atoms with Crippen LogP contribution in [0.15, 0.2) is 42.5 Å². The van der Waals surface area contributed by atoms with Crippen LogP contribution in [0.25, 0.3) is 10.9 Å². The number of nitrogens with zero attached hydrogens (tertiary/aromatic N) is 1. The van der Waals surface area contributed by atoms with E-state index >= 15 is 0 Å². The number of amides is 1. The fourth-order valence-electron chi connectivity index (χ4n) is 3.53. The number of ether oxygens (including phenoxy) is 1. The third-order valence-electron chi connectivity index (χ3n) is 4.54. The number of rotatable bonds is 8. The molecular formula is C21H21ClN2O4. The molecular weight excluding hydrogens is 380 g/mol. The number of aromatic nitrogens is 1. The van der Waals surface area contributed by atoms with Gasteiger partial charge in [-0.2, -0.15) is 0 Å². The highest BCUT2D eigenvalue weighted by Crippen LogP contribution is 2.35. The minimum Gasteiger partial charge on any atom is -0.481 e. The van der Waals surface area contributed by atoms with Crippen molar-refractivity contribution in [3.8, 4) is 5.75 Å². The van der Waals surface area contributed by atoms with Crippen molar-refractivity contribution in [3.05, 3.63) is 64.3 Å². The van der Waals surface area contributed by atoms with Crippen LogP contribution in [0.1, 0.15) is 23.7 Å². The quantitative estimate of drug-likeness (QED) is 0.605. The third kappa shape index (κ3) is 4.12. The average molecular weight is 401 g/mol. The van der Waals surface area contributed by atoms with Crippen LogP contribution in [0, 0.1) is 0 Å². The van der Waals surface area contributed by atoms with E-state index in [1.54, 1.807) is 6.07 Å². The van der Waals surface area contributed by atoms with Crippen molar-refractivity contribution in [2.75, 3.05) is 6.61 Å². The van der Waals surface area contributed by atoms with Crippen LogP contribution in [0.2, 0.25) is 5.02 Å². The molecule has 0 aliphatic carbocycles. The number of halogens is 1. The molecule has 3 aromatic rings. The van der Waals surface area contributed by atoms with Gasteiger partial charge in [-0.1, -0.05) is 36.7 Å². The molecule has 7 heteroatoms. The van der Waals surface area contributed by atoms with E-state index in [4.69, 9.17) is 27.2 Å². The maximum Gasteiger partial charge on any atom is 0.341 e. The van der Waals surface area contributed by atoms with Gasteiger partial charge in [-0.25, -0.2) is 4.79 Å². The SMILES string of the molecule is CCc1c(CC(N)=O)c2c(OCC(=O)O)cccc2n1Cc1cccc(Cl)c1. The summed E-state index contributed by atoms with van der Waals surface area (Å²) >= 11 is 6.13. The molecule has 28 heavy (non-hydrogen) atoms. The Morgan fingerprint density at radius 3 is 2.61 bits per heavy atom. The molecule has 0 aliphatic rings. The van der Waals surface area contributed by atoms with E-state index in [2.05, 4.69) is 4.57 Å². The molecule has 6 nitrogen and oxygen atoms in total. The number of fused-ring (bicyclic) bond motifs is 1. The van der Waals surface area contributed by atoms with E-state index < -0.39 is 18.5 Å². The predicted octanol–water partition coefficient (Wildman–Crippen LogP) is 3.40. The van der Waals surface area contributed by atoms with Crippen molar-refractivity contribution >= 4 is 34.4 Å². The lowest BCUT2D eigenvalue weighted by Crippen LogP contribution is -2.15. The molecule has 0 saturated carbocycles. The van der Waals surface area contributed by atoms with E-state index in [-0.39, 0.29) is 6.42 Å². The van der Waals surface area contributed by atoms with Crippen molar-refractivity contribution in [2.45, 2.75) is 26.3 Å². The number of primary amides is 1. The molecule has 2 aromatic carbocycles. The van der Waals surface area contributed by atoms with Crippen molar-refractivity contribution < 1.29 is 19.4 Å². The van der Waals surface area contributed by atoms with Crippen LogP contribution in [-0.2, 0) is 29.0 Å². The Morgan fingerprint density at radius 1 is 1.21 bits per heavy atom. The summed E-state index contributed by atoms with van der Waals surface area (Å²) in [5, 5.41) is 10.3. The van der Waals surface area contributed by atoms with Crippen LogP contribution in [-0.4, -0.2) is 28.2 Å². The first-order valence-corrected chi connectivity index (χ1v) is 9.28. The summed E-state index contributed by atoms with van der Waals surface area (Å²) < 4.78 is 7.60. The Bertz CT molecular complexity index is 1040. The maximum atomic E-state index is 11.7. The van der Waals surface area contributed by atoms with Crippen LogP contribution in [0.3, 0.4) is 0 Å². The number of carboxylic acid groups (broad SMARTS) is 1. The molecule has 0 atom stereocenters. The second kappa shape index (κ2) is 8.35. The van der Waals surface area contributed by atoms with Crippen molar-refractivity contribution in [1.29, 1.82) is 0 Å². The summed E-state index contributed by atoms with van der Waals surface area (Å²) in [7, 11) is 0. The molecule has 3 rings (SSSR count). The molecule has 0 saturated heterocycles. The van der Waals surface area contributed by atoms with Crippen molar-refractivity contribution in [1.82, 2.24) is 4.57 Å². The molecule has 146 valence electrons. The summed E-state index contributed by atoms with van der Waals surface area (Å²) in [4.78, 5) is 22.7. The maximum absolute atomic E-state index is 11.7. The van der Waals surface area contributed by atoms with Gasteiger partial charge >= 0.3 is 5.97 Å². The van der Waals surface area contributed by atoms with E-state index in [9.17, 15) is 9.59 Å². The number of carbonyl (C=O) groups excluding carboxylic acids is 1. The normalized spacial score (nSPS) is 10.9. The molecule has 0 fully saturated rings. The topological polar surface area (TPSA) is 94.6 Å². The lowest BCUT2D eigenvalue weighted by atomic mass is 10.0. The zero-order chi connectivity index (χ0) is 20.3. The first-order chi connectivity index (χ1) is 13.4. The van der Waals surface area contributed by atoms with Crippen LogP contribution < -0.4 is 10.5 Å². The molecule has 0 unspecified atom stereocenters. The number of benzene rings is 2. The van der Waals surface area contributed by atoms with Crippen molar-refractivity contribution in [2.24, 2.45) is 5.73 Å². The van der Waals surface area contributed by atoms with Gasteiger partial charge < -0.3 is 20.1 Å². The van der Waals surface area contributed by atoms with Gasteiger partial charge in [0.05, 0.1) is 11.9 Å². The van der Waals surface area contributed by atoms with E-state index in [0.717, 1.165) is 27.7 Å². The fourth-order valence-corrected chi connectivity index (χ4v) is 3.74. The van der Waals surface area contributed by atoms with Gasteiger partial charge in [0.2, 0.25) is 5.91 Å². The lowest BCUT2D eigenvalue weighted by molar-refractivity contribution is -0.139. The van der Waals surface area contributed by atoms with Gasteiger partial charge in [0.15, 0.2) is 6.61 Å².